The van der Waals surface area contributed by atoms with Gasteiger partial charge in [0.25, 0.3) is 0 Å². The summed E-state index contributed by atoms with van der Waals surface area (Å²) < 4.78 is 4.72. The quantitative estimate of drug-likeness (QED) is 0.398. The molecule has 2 aromatic carbocycles. The van der Waals surface area contributed by atoms with E-state index in [-0.39, 0.29) is 11.8 Å². The van der Waals surface area contributed by atoms with Crippen LogP contribution in [-0.2, 0) is 4.79 Å². The third-order valence-corrected chi connectivity index (χ3v) is 5.83. The Morgan fingerprint density at radius 1 is 1.03 bits per heavy atom. The van der Waals surface area contributed by atoms with Crippen molar-refractivity contribution in [1.29, 1.82) is 0 Å². The molecule has 1 fully saturated rings. The second kappa shape index (κ2) is 9.70. The molecule has 2 atom stereocenters. The summed E-state index contributed by atoms with van der Waals surface area (Å²) in [6.07, 6.45) is 0.619. The number of aromatic nitrogens is 2. The van der Waals surface area contributed by atoms with Crippen LogP contribution in [-0.4, -0.2) is 40.5 Å². The lowest BCUT2D eigenvalue weighted by molar-refractivity contribution is -0.138. The zero-order chi connectivity index (χ0) is 24.4. The number of fused-ring (bicyclic) bond motifs is 1. The Hall–Kier alpha value is -3.62. The number of nitrogens with zero attached hydrogens (tertiary/aromatic N) is 3. The monoisotopic (exact) mass is 465 g/mol. The van der Waals surface area contributed by atoms with Crippen LogP contribution in [0.15, 0.2) is 41.0 Å². The Morgan fingerprint density at radius 3 is 2.38 bits per heavy atom. The first-order valence-electron chi connectivity index (χ1n) is 11.6. The largest absolute Gasteiger partial charge is 0.481 e. The highest BCUT2D eigenvalue weighted by Gasteiger charge is 2.44. The zero-order valence-corrected chi connectivity index (χ0v) is 19.9. The van der Waals surface area contributed by atoms with E-state index in [9.17, 15) is 14.7 Å². The molecular formula is C25H31N5O4. The number of carbonyl (C=O) groups excluding carboxylic acids is 1. The maximum Gasteiger partial charge on any atom is 0.323 e. The van der Waals surface area contributed by atoms with Crippen LogP contribution >= 0.6 is 0 Å². The Morgan fingerprint density at radius 2 is 1.74 bits per heavy atom. The fraction of sp³-hybridized carbons (Fsp3) is 0.440. The third-order valence-electron chi connectivity index (χ3n) is 5.83. The molecule has 2 unspecified atom stereocenters. The van der Waals surface area contributed by atoms with Gasteiger partial charge in [0.05, 0.1) is 17.3 Å². The first-order valence-corrected chi connectivity index (χ1v) is 11.6. The summed E-state index contributed by atoms with van der Waals surface area (Å²) in [6.45, 7) is 10.3. The highest BCUT2D eigenvalue weighted by Crippen LogP contribution is 2.49. The molecule has 4 rings (SSSR count). The van der Waals surface area contributed by atoms with Crippen molar-refractivity contribution in [2.45, 2.75) is 40.0 Å². The topological polar surface area (TPSA) is 121 Å². The Labute approximate surface area is 198 Å². The van der Waals surface area contributed by atoms with Crippen molar-refractivity contribution in [3.05, 3.63) is 42.0 Å². The number of anilines is 3. The van der Waals surface area contributed by atoms with Crippen molar-refractivity contribution in [3.63, 3.8) is 0 Å². The molecule has 1 aromatic heterocycles. The SMILES string of the molecule is CC(C)CN(CC(C)C)c1ccc(C2CC2C(=O)O)cc1NC(=O)Nc1ccc2nonc2c1. The van der Waals surface area contributed by atoms with E-state index >= 15 is 0 Å². The number of benzene rings is 2. The third kappa shape index (κ3) is 5.47. The average Bonchev–Trinajstić information content (AvgIpc) is 3.43. The van der Waals surface area contributed by atoms with Crippen molar-refractivity contribution in [2.24, 2.45) is 17.8 Å². The number of hydrogen-bond acceptors (Lipinski definition) is 6. The number of carboxylic acid groups (broad SMARTS) is 1. The standard InChI is InChI=1S/C25H31N5O4/c1-14(2)12-30(13-15(3)4)23-8-5-16(18-11-19(18)24(31)32)9-22(23)27-25(33)26-17-6-7-20-21(10-17)29-34-28-20/h5-10,14-15,18-19H,11-13H2,1-4H3,(H,31,32)(H2,26,27,33). The molecule has 3 aromatic rings. The van der Waals surface area contributed by atoms with E-state index in [2.05, 4.69) is 53.5 Å². The molecule has 9 nitrogen and oxygen atoms in total. The molecule has 1 saturated carbocycles. The van der Waals surface area contributed by atoms with Gasteiger partial charge < -0.3 is 20.6 Å². The van der Waals surface area contributed by atoms with Crippen LogP contribution in [0, 0.1) is 17.8 Å². The van der Waals surface area contributed by atoms with Gasteiger partial charge in [-0.3, -0.25) is 4.79 Å². The highest BCUT2D eigenvalue weighted by atomic mass is 16.6. The predicted molar refractivity (Wildman–Crippen MR) is 131 cm³/mol. The predicted octanol–water partition coefficient (Wildman–Crippen LogP) is 5.17. The second-order valence-corrected chi connectivity index (χ2v) is 9.80. The van der Waals surface area contributed by atoms with Gasteiger partial charge in [-0.15, -0.1) is 0 Å². The fourth-order valence-corrected chi connectivity index (χ4v) is 4.29. The molecule has 0 spiro atoms. The Kier molecular flexibility index (Phi) is 6.72. The van der Waals surface area contributed by atoms with Crippen molar-refractivity contribution < 1.29 is 19.3 Å². The number of carboxylic acids is 1. The maximum absolute atomic E-state index is 13.0. The molecule has 0 saturated heterocycles. The summed E-state index contributed by atoms with van der Waals surface area (Å²) in [4.78, 5) is 26.6. The van der Waals surface area contributed by atoms with E-state index in [4.69, 9.17) is 4.63 Å². The molecule has 2 amide bonds. The van der Waals surface area contributed by atoms with Gasteiger partial charge >= 0.3 is 12.0 Å². The summed E-state index contributed by atoms with van der Waals surface area (Å²) in [5, 5.41) is 22.8. The highest BCUT2D eigenvalue weighted by molar-refractivity contribution is 6.02. The van der Waals surface area contributed by atoms with Crippen molar-refractivity contribution in [2.75, 3.05) is 28.6 Å². The number of carbonyl (C=O) groups is 2. The smallest absolute Gasteiger partial charge is 0.323 e. The first-order chi connectivity index (χ1) is 16.2. The molecule has 3 N–H and O–H groups in total. The molecule has 0 bridgehead atoms. The number of rotatable bonds is 9. The number of hydrogen-bond donors (Lipinski definition) is 3. The summed E-state index contributed by atoms with van der Waals surface area (Å²) >= 11 is 0. The maximum atomic E-state index is 13.0. The lowest BCUT2D eigenvalue weighted by atomic mass is 10.0. The molecule has 0 radical (unpaired) electrons. The summed E-state index contributed by atoms with van der Waals surface area (Å²) in [5.74, 6) is -0.301. The van der Waals surface area contributed by atoms with E-state index in [1.807, 2.05) is 18.2 Å². The lowest BCUT2D eigenvalue weighted by Crippen LogP contribution is -2.32. The first kappa shape index (κ1) is 23.5. The van der Waals surface area contributed by atoms with Gasteiger partial charge in [-0.1, -0.05) is 33.8 Å². The van der Waals surface area contributed by atoms with Crippen LogP contribution in [0.2, 0.25) is 0 Å². The van der Waals surface area contributed by atoms with Crippen LogP contribution < -0.4 is 15.5 Å². The van der Waals surface area contributed by atoms with Gasteiger partial charge in [0, 0.05) is 18.8 Å². The van der Waals surface area contributed by atoms with Crippen LogP contribution in [0.4, 0.5) is 21.9 Å². The van der Waals surface area contributed by atoms with Crippen molar-refractivity contribution in [1.82, 2.24) is 10.3 Å². The van der Waals surface area contributed by atoms with Crippen LogP contribution in [0.3, 0.4) is 0 Å². The van der Waals surface area contributed by atoms with Crippen LogP contribution in [0.1, 0.15) is 45.6 Å². The molecule has 1 heterocycles. The van der Waals surface area contributed by atoms with E-state index in [0.717, 1.165) is 24.3 Å². The molecule has 9 heteroatoms. The number of nitrogens with one attached hydrogen (secondary N) is 2. The minimum atomic E-state index is -0.777. The van der Waals surface area contributed by atoms with E-state index in [0.29, 0.717) is 40.7 Å². The van der Waals surface area contributed by atoms with Crippen molar-refractivity contribution in [3.8, 4) is 0 Å². The second-order valence-electron chi connectivity index (χ2n) is 9.80. The Balaban J connectivity index is 1.60. The summed E-state index contributed by atoms with van der Waals surface area (Å²) in [6, 6.07) is 10.7. The molecule has 34 heavy (non-hydrogen) atoms. The molecule has 0 aliphatic heterocycles. The molecule has 1 aliphatic rings. The number of urea groups is 1. The van der Waals surface area contributed by atoms with Crippen LogP contribution in [0.5, 0.6) is 0 Å². The minimum Gasteiger partial charge on any atom is -0.481 e. The van der Waals surface area contributed by atoms with Gasteiger partial charge in [-0.05, 0) is 70.4 Å². The number of amides is 2. The normalized spacial score (nSPS) is 17.2. The summed E-state index contributed by atoms with van der Waals surface area (Å²) in [5.41, 5.74) is 4.23. The van der Waals surface area contributed by atoms with E-state index in [1.54, 1.807) is 18.2 Å². The molecule has 180 valence electrons. The lowest BCUT2D eigenvalue weighted by Gasteiger charge is -2.30. The fourth-order valence-electron chi connectivity index (χ4n) is 4.29. The van der Waals surface area contributed by atoms with Gasteiger partial charge in [0.1, 0.15) is 11.0 Å². The van der Waals surface area contributed by atoms with E-state index in [1.165, 1.54) is 0 Å². The van der Waals surface area contributed by atoms with Gasteiger partial charge in [-0.2, -0.15) is 0 Å². The Bertz CT molecular complexity index is 1180. The van der Waals surface area contributed by atoms with Gasteiger partial charge in [0.15, 0.2) is 0 Å². The number of aliphatic carboxylic acids is 1. The molecular weight excluding hydrogens is 434 g/mol. The molecule has 1 aliphatic carbocycles. The average molecular weight is 466 g/mol. The van der Waals surface area contributed by atoms with Gasteiger partial charge in [-0.25, -0.2) is 9.42 Å². The van der Waals surface area contributed by atoms with E-state index < -0.39 is 12.0 Å². The summed E-state index contributed by atoms with van der Waals surface area (Å²) in [7, 11) is 0. The van der Waals surface area contributed by atoms with Crippen molar-refractivity contribution >= 4 is 40.1 Å². The van der Waals surface area contributed by atoms with Crippen LogP contribution in [0.25, 0.3) is 11.0 Å². The minimum absolute atomic E-state index is 0.0270. The zero-order valence-electron chi connectivity index (χ0n) is 19.9. The van der Waals surface area contributed by atoms with Gasteiger partial charge in [0.2, 0.25) is 0 Å².